The van der Waals surface area contributed by atoms with E-state index in [0.29, 0.717) is 14.9 Å². The van der Waals surface area contributed by atoms with Gasteiger partial charge in [0.1, 0.15) is 36.4 Å². The van der Waals surface area contributed by atoms with Crippen LogP contribution in [0.5, 0.6) is 0 Å². The van der Waals surface area contributed by atoms with Crippen molar-refractivity contribution in [2.75, 3.05) is 6.61 Å². The van der Waals surface area contributed by atoms with Crippen molar-refractivity contribution in [3.63, 3.8) is 0 Å². The molecule has 0 bridgehead atoms. The van der Waals surface area contributed by atoms with Crippen molar-refractivity contribution in [2.24, 2.45) is 5.11 Å². The maximum atomic E-state index is 11.8. The molecular weight excluding hydrogens is 473 g/mol. The molecule has 5 atom stereocenters. The maximum Gasteiger partial charge on any atom is 0.303 e. The zero-order chi connectivity index (χ0) is 23.1. The van der Waals surface area contributed by atoms with Crippen LogP contribution in [0.2, 0.25) is 10.0 Å². The van der Waals surface area contributed by atoms with E-state index in [1.807, 2.05) is 0 Å². The van der Waals surface area contributed by atoms with E-state index in [1.54, 1.807) is 18.2 Å². The van der Waals surface area contributed by atoms with Gasteiger partial charge in [-0.3, -0.25) is 14.4 Å². The van der Waals surface area contributed by atoms with E-state index in [0.717, 1.165) is 18.7 Å². The minimum absolute atomic E-state index is 0.294. The molecule has 0 aliphatic carbocycles. The summed E-state index contributed by atoms with van der Waals surface area (Å²) >= 11 is 13.4. The number of azide groups is 1. The van der Waals surface area contributed by atoms with E-state index >= 15 is 0 Å². The van der Waals surface area contributed by atoms with Crippen LogP contribution in [-0.2, 0) is 33.3 Å². The van der Waals surface area contributed by atoms with Crippen LogP contribution in [0, 0.1) is 0 Å². The lowest BCUT2D eigenvalue weighted by Gasteiger charge is -2.43. The first kappa shape index (κ1) is 25.1. The summed E-state index contributed by atoms with van der Waals surface area (Å²) in [5, 5.41) is 4.46. The van der Waals surface area contributed by atoms with Crippen LogP contribution in [-0.4, -0.2) is 54.3 Å². The summed E-state index contributed by atoms with van der Waals surface area (Å²) in [6, 6.07) is 3.61. The highest BCUT2D eigenvalue weighted by Crippen LogP contribution is 2.40. The fraction of sp³-hybridized carbons (Fsp3) is 0.500. The predicted octanol–water partition coefficient (Wildman–Crippen LogP) is 3.92. The Kier molecular flexibility index (Phi) is 9.27. The molecule has 1 heterocycles. The summed E-state index contributed by atoms with van der Waals surface area (Å²) in [6.07, 6.45) is -3.33. The van der Waals surface area contributed by atoms with Crippen molar-refractivity contribution in [1.82, 2.24) is 0 Å². The second-order valence-electron chi connectivity index (χ2n) is 6.38. The second-order valence-corrected chi connectivity index (χ2v) is 8.37. The molecule has 2 rings (SSSR count). The number of ether oxygens (including phenoxy) is 4. The molecule has 0 amide bonds. The van der Waals surface area contributed by atoms with Crippen LogP contribution in [0.25, 0.3) is 10.4 Å². The summed E-state index contributed by atoms with van der Waals surface area (Å²) in [5.74, 6) is -1.95. The third-order valence-electron chi connectivity index (χ3n) is 3.99. The van der Waals surface area contributed by atoms with Gasteiger partial charge in [-0.15, -0.1) is 0 Å². The lowest BCUT2D eigenvalue weighted by Crippen LogP contribution is -2.59. The van der Waals surface area contributed by atoms with Gasteiger partial charge in [0.15, 0.2) is 0 Å². The number of carbonyl (C=O) groups is 3. The Morgan fingerprint density at radius 2 is 1.77 bits per heavy atom. The third kappa shape index (κ3) is 7.19. The number of hydrogen-bond donors (Lipinski definition) is 0. The molecule has 1 aliphatic rings. The standard InChI is InChI=1S/C18H19Cl2N3O7S/c1-8(24)27-7-13-16(28-9(2)25)15(22-23-21)17(29-10(3)26)18(30-13)31-14-6-11(19)4-5-12(14)20/h4-6,13,15-18H,7H2,1-3H3/t13?,15?,16-,17?,18+/m0/s1. The molecular formula is C18H19Cl2N3O7S. The van der Waals surface area contributed by atoms with Gasteiger partial charge in [0.25, 0.3) is 0 Å². The topological polar surface area (TPSA) is 137 Å². The van der Waals surface area contributed by atoms with Crippen LogP contribution in [0.3, 0.4) is 0 Å². The third-order valence-corrected chi connectivity index (χ3v) is 5.87. The summed E-state index contributed by atoms with van der Waals surface area (Å²) in [4.78, 5) is 38.0. The molecule has 1 fully saturated rings. The molecule has 1 aromatic rings. The predicted molar refractivity (Wildman–Crippen MR) is 112 cm³/mol. The normalized spacial score (nSPS) is 25.1. The molecule has 1 aliphatic heterocycles. The Balaban J connectivity index is 2.47. The number of hydrogen-bond acceptors (Lipinski definition) is 9. The maximum absolute atomic E-state index is 11.8. The van der Waals surface area contributed by atoms with Gasteiger partial charge in [0.2, 0.25) is 0 Å². The first-order valence-electron chi connectivity index (χ1n) is 8.91. The first-order chi connectivity index (χ1) is 14.6. The van der Waals surface area contributed by atoms with Crippen LogP contribution >= 0.6 is 35.0 Å². The number of carbonyl (C=O) groups excluding carboxylic acids is 3. The van der Waals surface area contributed by atoms with Gasteiger partial charge in [-0.05, 0) is 23.7 Å². The molecule has 31 heavy (non-hydrogen) atoms. The Hall–Kier alpha value is -2.17. The monoisotopic (exact) mass is 491 g/mol. The highest BCUT2D eigenvalue weighted by Gasteiger charge is 2.50. The number of halogens is 2. The van der Waals surface area contributed by atoms with Gasteiger partial charge in [0.05, 0.1) is 5.02 Å². The Morgan fingerprint density at radius 1 is 1.13 bits per heavy atom. The molecule has 3 unspecified atom stereocenters. The van der Waals surface area contributed by atoms with Crippen molar-refractivity contribution in [2.45, 2.75) is 55.5 Å². The largest absolute Gasteiger partial charge is 0.463 e. The van der Waals surface area contributed by atoms with Crippen LogP contribution in [0.1, 0.15) is 20.8 Å². The smallest absolute Gasteiger partial charge is 0.303 e. The van der Waals surface area contributed by atoms with Gasteiger partial charge in [-0.25, -0.2) is 0 Å². The number of esters is 3. The van der Waals surface area contributed by atoms with Crippen LogP contribution in [0.4, 0.5) is 0 Å². The number of thioether (sulfide) groups is 1. The van der Waals surface area contributed by atoms with Crippen molar-refractivity contribution in [3.8, 4) is 0 Å². The number of rotatable bonds is 7. The molecule has 0 saturated carbocycles. The van der Waals surface area contributed by atoms with Crippen molar-refractivity contribution >= 4 is 52.9 Å². The van der Waals surface area contributed by atoms with Gasteiger partial charge in [-0.2, -0.15) is 0 Å². The summed E-state index contributed by atoms with van der Waals surface area (Å²) in [6.45, 7) is 3.24. The first-order valence-corrected chi connectivity index (χ1v) is 10.5. The van der Waals surface area contributed by atoms with Gasteiger partial charge >= 0.3 is 17.9 Å². The summed E-state index contributed by atoms with van der Waals surface area (Å²) < 4.78 is 21.7. The van der Waals surface area contributed by atoms with Crippen LogP contribution in [0.15, 0.2) is 28.2 Å². The minimum Gasteiger partial charge on any atom is -0.463 e. The van der Waals surface area contributed by atoms with Gasteiger partial charge < -0.3 is 18.9 Å². The second kappa shape index (κ2) is 11.4. The Labute approximate surface area is 192 Å². The van der Waals surface area contributed by atoms with E-state index in [1.165, 1.54) is 13.8 Å². The molecule has 0 radical (unpaired) electrons. The highest BCUT2D eigenvalue weighted by atomic mass is 35.5. The number of benzene rings is 1. The zero-order valence-electron chi connectivity index (χ0n) is 16.7. The molecule has 10 nitrogen and oxygen atoms in total. The molecule has 1 aromatic carbocycles. The average molecular weight is 492 g/mol. The van der Waals surface area contributed by atoms with Crippen molar-refractivity contribution in [1.29, 1.82) is 0 Å². The summed E-state index contributed by atoms with van der Waals surface area (Å²) in [7, 11) is 0. The van der Waals surface area contributed by atoms with Crippen LogP contribution < -0.4 is 0 Å². The van der Waals surface area contributed by atoms with Crippen molar-refractivity contribution in [3.05, 3.63) is 38.7 Å². The van der Waals surface area contributed by atoms with E-state index in [4.69, 9.17) is 47.7 Å². The molecule has 168 valence electrons. The molecule has 0 spiro atoms. The number of nitrogens with zero attached hydrogens (tertiary/aromatic N) is 3. The Bertz CT molecular complexity index is 897. The molecule has 0 aromatic heterocycles. The van der Waals surface area contributed by atoms with Crippen molar-refractivity contribution < 1.29 is 33.3 Å². The van der Waals surface area contributed by atoms with E-state index in [2.05, 4.69) is 10.0 Å². The lowest BCUT2D eigenvalue weighted by atomic mass is 9.97. The fourth-order valence-corrected chi connectivity index (χ4v) is 4.52. The minimum atomic E-state index is -1.18. The molecule has 0 N–H and O–H groups in total. The Morgan fingerprint density at radius 3 is 2.35 bits per heavy atom. The fourth-order valence-electron chi connectivity index (χ4n) is 2.86. The zero-order valence-corrected chi connectivity index (χ0v) is 19.0. The van der Waals surface area contributed by atoms with E-state index < -0.39 is 47.7 Å². The molecule has 1 saturated heterocycles. The lowest BCUT2D eigenvalue weighted by molar-refractivity contribution is -0.201. The van der Waals surface area contributed by atoms with Gasteiger partial charge in [-0.1, -0.05) is 40.1 Å². The SMILES string of the molecule is CC(=O)OCC1O[C@H](Sc2cc(Cl)ccc2Cl)C(OC(C)=O)C(N=[N+]=[N-])[C@H]1OC(C)=O. The van der Waals surface area contributed by atoms with E-state index in [-0.39, 0.29) is 6.61 Å². The summed E-state index contributed by atoms with van der Waals surface area (Å²) in [5.41, 5.74) is 8.13. The van der Waals surface area contributed by atoms with E-state index in [9.17, 15) is 14.4 Å². The molecule has 13 heteroatoms. The average Bonchev–Trinajstić information content (AvgIpc) is 2.67. The highest BCUT2D eigenvalue weighted by molar-refractivity contribution is 8.00. The quantitative estimate of drug-likeness (QED) is 0.184. The van der Waals surface area contributed by atoms with Gasteiger partial charge in [0, 0.05) is 35.6 Å².